The molecule has 0 spiro atoms. The molecule has 0 fully saturated rings. The van der Waals surface area contributed by atoms with E-state index in [1.165, 1.54) is 0 Å². The standard InChI is InChI=1S/C14H8ClN3/c15-11-4-2-1-3-10(11)14-17-12-6-5-9(8-16)7-13(12)18-14/h1-7H,(H,17,18). The zero-order valence-corrected chi connectivity index (χ0v) is 10.1. The highest BCUT2D eigenvalue weighted by atomic mass is 35.5. The number of fused-ring (bicyclic) bond motifs is 1. The van der Waals surface area contributed by atoms with Crippen molar-refractivity contribution < 1.29 is 0 Å². The first-order valence-electron chi connectivity index (χ1n) is 5.43. The van der Waals surface area contributed by atoms with Crippen molar-refractivity contribution in [1.29, 1.82) is 5.26 Å². The predicted molar refractivity (Wildman–Crippen MR) is 71.3 cm³/mol. The monoisotopic (exact) mass is 253 g/mol. The van der Waals surface area contributed by atoms with Crippen molar-refractivity contribution in [2.24, 2.45) is 0 Å². The molecular formula is C14H8ClN3. The molecule has 0 unspecified atom stereocenters. The fraction of sp³-hybridized carbons (Fsp3) is 0. The highest BCUT2D eigenvalue weighted by Crippen LogP contribution is 2.27. The highest BCUT2D eigenvalue weighted by molar-refractivity contribution is 6.33. The Bertz CT molecular complexity index is 768. The summed E-state index contributed by atoms with van der Waals surface area (Å²) in [6.07, 6.45) is 0. The Balaban J connectivity index is 2.20. The number of halogens is 1. The van der Waals surface area contributed by atoms with Crippen molar-refractivity contribution >= 4 is 22.6 Å². The number of benzene rings is 2. The van der Waals surface area contributed by atoms with Crippen LogP contribution in [0.4, 0.5) is 0 Å². The average molecular weight is 254 g/mol. The summed E-state index contributed by atoms with van der Waals surface area (Å²) in [6.45, 7) is 0. The number of hydrogen-bond acceptors (Lipinski definition) is 2. The van der Waals surface area contributed by atoms with Gasteiger partial charge >= 0.3 is 0 Å². The Kier molecular flexibility index (Phi) is 2.51. The van der Waals surface area contributed by atoms with Crippen LogP contribution in [0.5, 0.6) is 0 Å². The molecule has 1 heterocycles. The highest BCUT2D eigenvalue weighted by Gasteiger charge is 2.08. The number of nitrogens with one attached hydrogen (secondary N) is 1. The molecule has 3 aromatic rings. The largest absolute Gasteiger partial charge is 0.338 e. The maximum atomic E-state index is 8.86. The van der Waals surface area contributed by atoms with Gasteiger partial charge in [-0.2, -0.15) is 5.26 Å². The summed E-state index contributed by atoms with van der Waals surface area (Å²) >= 11 is 6.13. The lowest BCUT2D eigenvalue weighted by molar-refractivity contribution is 1.34. The molecule has 0 radical (unpaired) electrons. The third kappa shape index (κ3) is 1.73. The molecule has 3 rings (SSSR count). The van der Waals surface area contributed by atoms with Crippen LogP contribution in [0.1, 0.15) is 5.56 Å². The molecule has 0 saturated carbocycles. The van der Waals surface area contributed by atoms with Gasteiger partial charge in [-0.3, -0.25) is 0 Å². The summed E-state index contributed by atoms with van der Waals surface area (Å²) in [5.74, 6) is 0.714. The molecule has 1 N–H and O–H groups in total. The summed E-state index contributed by atoms with van der Waals surface area (Å²) in [4.78, 5) is 7.65. The molecule has 0 atom stereocenters. The van der Waals surface area contributed by atoms with Gasteiger partial charge < -0.3 is 4.98 Å². The van der Waals surface area contributed by atoms with Crippen molar-refractivity contribution in [3.05, 3.63) is 53.1 Å². The normalized spacial score (nSPS) is 10.4. The van der Waals surface area contributed by atoms with Crippen LogP contribution in [0.2, 0.25) is 5.02 Å². The van der Waals surface area contributed by atoms with E-state index in [9.17, 15) is 0 Å². The van der Waals surface area contributed by atoms with E-state index in [-0.39, 0.29) is 0 Å². The first kappa shape index (κ1) is 10.8. The summed E-state index contributed by atoms with van der Waals surface area (Å²) in [6, 6.07) is 15.0. The maximum Gasteiger partial charge on any atom is 0.139 e. The van der Waals surface area contributed by atoms with E-state index in [0.29, 0.717) is 16.4 Å². The molecule has 4 heteroatoms. The Morgan fingerprint density at radius 3 is 2.78 bits per heavy atom. The topological polar surface area (TPSA) is 52.5 Å². The first-order valence-corrected chi connectivity index (χ1v) is 5.80. The van der Waals surface area contributed by atoms with Crippen molar-refractivity contribution in [3.63, 3.8) is 0 Å². The van der Waals surface area contributed by atoms with Crippen LogP contribution in [-0.2, 0) is 0 Å². The number of rotatable bonds is 1. The van der Waals surface area contributed by atoms with Crippen LogP contribution in [0.3, 0.4) is 0 Å². The molecule has 0 saturated heterocycles. The molecule has 86 valence electrons. The van der Waals surface area contributed by atoms with Gasteiger partial charge in [-0.15, -0.1) is 0 Å². The average Bonchev–Trinajstić information content (AvgIpc) is 2.81. The minimum Gasteiger partial charge on any atom is -0.338 e. The molecule has 0 aliphatic heterocycles. The number of hydrogen-bond donors (Lipinski definition) is 1. The number of nitrogens with zero attached hydrogens (tertiary/aromatic N) is 2. The van der Waals surface area contributed by atoms with E-state index >= 15 is 0 Å². The molecule has 0 aliphatic carbocycles. The van der Waals surface area contributed by atoms with E-state index in [0.717, 1.165) is 16.6 Å². The van der Waals surface area contributed by atoms with Crippen molar-refractivity contribution in [2.45, 2.75) is 0 Å². The fourth-order valence-electron chi connectivity index (χ4n) is 1.86. The second kappa shape index (κ2) is 4.17. The Morgan fingerprint density at radius 2 is 2.00 bits per heavy atom. The van der Waals surface area contributed by atoms with E-state index in [4.69, 9.17) is 16.9 Å². The number of imidazole rings is 1. The fourth-order valence-corrected chi connectivity index (χ4v) is 2.09. The van der Waals surface area contributed by atoms with Gasteiger partial charge in [0.25, 0.3) is 0 Å². The van der Waals surface area contributed by atoms with E-state index in [1.807, 2.05) is 30.3 Å². The zero-order valence-electron chi connectivity index (χ0n) is 9.31. The van der Waals surface area contributed by atoms with Gasteiger partial charge in [-0.1, -0.05) is 23.7 Å². The zero-order chi connectivity index (χ0) is 12.5. The van der Waals surface area contributed by atoms with Crippen LogP contribution in [0, 0.1) is 11.3 Å². The molecule has 3 nitrogen and oxygen atoms in total. The lowest BCUT2D eigenvalue weighted by Crippen LogP contribution is -1.80. The molecular weight excluding hydrogens is 246 g/mol. The van der Waals surface area contributed by atoms with Crippen molar-refractivity contribution in [1.82, 2.24) is 9.97 Å². The van der Waals surface area contributed by atoms with E-state index in [2.05, 4.69) is 16.0 Å². The first-order chi connectivity index (χ1) is 8.78. The Hall–Kier alpha value is -2.31. The minimum atomic E-state index is 0.608. The third-order valence-electron chi connectivity index (χ3n) is 2.74. The van der Waals surface area contributed by atoms with Gasteiger partial charge in [0.2, 0.25) is 0 Å². The quantitative estimate of drug-likeness (QED) is 0.718. The summed E-state index contributed by atoms with van der Waals surface area (Å²) in [5.41, 5.74) is 3.12. The van der Waals surface area contributed by atoms with Crippen LogP contribution in [-0.4, -0.2) is 9.97 Å². The predicted octanol–water partition coefficient (Wildman–Crippen LogP) is 3.75. The number of H-pyrrole nitrogens is 1. The van der Waals surface area contributed by atoms with Gasteiger partial charge in [-0.05, 0) is 30.3 Å². The van der Waals surface area contributed by atoms with Crippen LogP contribution in [0.25, 0.3) is 22.4 Å². The molecule has 1 aromatic heterocycles. The number of aromatic amines is 1. The van der Waals surface area contributed by atoms with Gasteiger partial charge in [-0.25, -0.2) is 4.98 Å². The summed E-state index contributed by atoms with van der Waals surface area (Å²) in [7, 11) is 0. The molecule has 0 bridgehead atoms. The molecule has 0 amide bonds. The SMILES string of the molecule is N#Cc1ccc2nc(-c3ccccc3Cl)[nH]c2c1. The lowest BCUT2D eigenvalue weighted by atomic mass is 10.2. The van der Waals surface area contributed by atoms with Crippen molar-refractivity contribution in [3.8, 4) is 17.5 Å². The van der Waals surface area contributed by atoms with Crippen LogP contribution in [0.15, 0.2) is 42.5 Å². The molecule has 18 heavy (non-hydrogen) atoms. The van der Waals surface area contributed by atoms with Gasteiger partial charge in [0.1, 0.15) is 5.82 Å². The minimum absolute atomic E-state index is 0.608. The summed E-state index contributed by atoms with van der Waals surface area (Å²) < 4.78 is 0. The van der Waals surface area contributed by atoms with Gasteiger partial charge in [0.05, 0.1) is 27.7 Å². The summed E-state index contributed by atoms with van der Waals surface area (Å²) in [5, 5.41) is 9.51. The number of nitriles is 1. The van der Waals surface area contributed by atoms with Gasteiger partial charge in [0, 0.05) is 5.56 Å². The van der Waals surface area contributed by atoms with E-state index < -0.39 is 0 Å². The van der Waals surface area contributed by atoms with E-state index in [1.54, 1.807) is 12.1 Å². The Labute approximate surface area is 109 Å². The van der Waals surface area contributed by atoms with Crippen LogP contribution < -0.4 is 0 Å². The number of aromatic nitrogens is 2. The third-order valence-corrected chi connectivity index (χ3v) is 3.07. The maximum absolute atomic E-state index is 8.86. The van der Waals surface area contributed by atoms with Crippen LogP contribution >= 0.6 is 11.6 Å². The van der Waals surface area contributed by atoms with Gasteiger partial charge in [0.15, 0.2) is 0 Å². The Morgan fingerprint density at radius 1 is 1.17 bits per heavy atom. The smallest absolute Gasteiger partial charge is 0.139 e. The second-order valence-corrected chi connectivity index (χ2v) is 4.32. The van der Waals surface area contributed by atoms with Crippen molar-refractivity contribution in [2.75, 3.05) is 0 Å². The molecule has 2 aromatic carbocycles. The lowest BCUT2D eigenvalue weighted by Gasteiger charge is -1.98. The second-order valence-electron chi connectivity index (χ2n) is 3.91. The molecule has 0 aliphatic rings.